The maximum atomic E-state index is 14.6. The number of hydrogen-bond acceptors (Lipinski definition) is 8. The van der Waals surface area contributed by atoms with Crippen LogP contribution in [0.1, 0.15) is 81.5 Å². The Hall–Kier alpha value is -6.08. The molecule has 2 saturated heterocycles. The summed E-state index contributed by atoms with van der Waals surface area (Å²) in [5.74, 6) is -3.16. The van der Waals surface area contributed by atoms with Crippen LogP contribution in [0.3, 0.4) is 0 Å². The number of aryl methyl sites for hydroxylation is 1. The molecular formula is C48H44Cl3N5O7. The smallest absolute Gasteiger partial charge is 0.264 e. The summed E-state index contributed by atoms with van der Waals surface area (Å²) < 4.78 is 0. The van der Waals surface area contributed by atoms with Gasteiger partial charge in [-0.25, -0.2) is 0 Å². The maximum absolute atomic E-state index is 14.6. The minimum absolute atomic E-state index is 0.00237. The van der Waals surface area contributed by atoms with Crippen molar-refractivity contribution in [3.8, 4) is 0 Å². The van der Waals surface area contributed by atoms with Crippen LogP contribution in [-0.4, -0.2) is 82.7 Å². The molecule has 6 amide bonds. The van der Waals surface area contributed by atoms with Gasteiger partial charge in [-0.15, -0.1) is 0 Å². The van der Waals surface area contributed by atoms with Crippen LogP contribution >= 0.6 is 34.8 Å². The van der Waals surface area contributed by atoms with Crippen molar-refractivity contribution in [2.45, 2.75) is 64.0 Å². The summed E-state index contributed by atoms with van der Waals surface area (Å²) in [7, 11) is 0. The van der Waals surface area contributed by atoms with Crippen LogP contribution in [0.5, 0.6) is 0 Å². The van der Waals surface area contributed by atoms with E-state index in [9.17, 15) is 33.6 Å². The summed E-state index contributed by atoms with van der Waals surface area (Å²) in [6, 6.07) is 22.8. The normalized spacial score (nSPS) is 18.2. The van der Waals surface area contributed by atoms with E-state index in [2.05, 4.69) is 16.0 Å². The van der Waals surface area contributed by atoms with Gasteiger partial charge in [-0.2, -0.15) is 0 Å². The van der Waals surface area contributed by atoms with Gasteiger partial charge in [-0.3, -0.25) is 43.8 Å². The molecule has 3 aliphatic heterocycles. The first-order valence-corrected chi connectivity index (χ1v) is 21.8. The van der Waals surface area contributed by atoms with Crippen molar-refractivity contribution in [3.63, 3.8) is 0 Å². The highest BCUT2D eigenvalue weighted by Gasteiger charge is 2.45. The maximum Gasteiger partial charge on any atom is 0.264 e. The van der Waals surface area contributed by atoms with Gasteiger partial charge in [-0.05, 0) is 90.9 Å². The van der Waals surface area contributed by atoms with Crippen LogP contribution in [0.2, 0.25) is 15.1 Å². The number of unbranched alkanes of at least 4 members (excludes halogenated alkanes) is 2. The number of amides is 6. The molecule has 1 unspecified atom stereocenters. The van der Waals surface area contributed by atoms with Crippen LogP contribution in [0.25, 0.3) is 12.2 Å². The number of rotatable bonds is 14. The molecule has 3 aliphatic rings. The van der Waals surface area contributed by atoms with Gasteiger partial charge < -0.3 is 15.5 Å². The number of piperidine rings is 2. The molecule has 0 saturated carbocycles. The topological polar surface area (TPSA) is 162 Å². The van der Waals surface area contributed by atoms with E-state index in [1.54, 1.807) is 53.5 Å². The van der Waals surface area contributed by atoms with Crippen molar-refractivity contribution < 1.29 is 33.6 Å². The molecule has 2 fully saturated rings. The zero-order valence-electron chi connectivity index (χ0n) is 34.3. The van der Waals surface area contributed by atoms with E-state index in [0.717, 1.165) is 21.6 Å². The molecule has 12 nitrogen and oxygen atoms in total. The number of ketones is 1. The standard InChI is InChI=1S/C48H44Cl3N5O7/c1-28-21-30(14-16-35(28)49)22-32-26-55(27-33(44(32)59)23-31-15-17-36(50)37(51)24-31)47(62)39(25-29-9-4-2-5-10-29)53-41(57)13-6-3-7-20-52-38-12-8-11-34-43(38)48(63)56(46(34)61)40-18-19-42(58)54-45(40)60/h2,4-5,8-12,14-17,21-24,39-40,52H,3,6-7,13,18-20,25-27H2,1H3,(H,53,57)(H,54,58,60)/b32-22+,33-23+/t39-,40?/m1/s1. The van der Waals surface area contributed by atoms with Crippen LogP contribution < -0.4 is 16.0 Å². The Kier molecular flexibility index (Phi) is 14.2. The average Bonchev–Trinajstić information content (AvgIpc) is 3.51. The second-order valence-electron chi connectivity index (χ2n) is 15.8. The predicted octanol–water partition coefficient (Wildman–Crippen LogP) is 7.63. The second-order valence-corrected chi connectivity index (χ2v) is 17.0. The molecule has 0 aliphatic carbocycles. The molecule has 0 spiro atoms. The van der Waals surface area contributed by atoms with E-state index in [1.165, 1.54) is 6.07 Å². The van der Waals surface area contributed by atoms with E-state index in [-0.39, 0.29) is 67.5 Å². The molecule has 4 aromatic carbocycles. The van der Waals surface area contributed by atoms with Crippen molar-refractivity contribution in [1.82, 2.24) is 20.4 Å². The second kappa shape index (κ2) is 20.0. The Morgan fingerprint density at radius 1 is 0.794 bits per heavy atom. The molecule has 15 heteroatoms. The monoisotopic (exact) mass is 907 g/mol. The number of halogens is 3. The predicted molar refractivity (Wildman–Crippen MR) is 242 cm³/mol. The van der Waals surface area contributed by atoms with Crippen molar-refractivity contribution in [2.24, 2.45) is 0 Å². The fraction of sp³-hybridized carbons (Fsp3) is 0.271. The molecule has 0 aromatic heterocycles. The molecule has 2 atom stereocenters. The van der Waals surface area contributed by atoms with Crippen LogP contribution in [0.4, 0.5) is 5.69 Å². The first kappa shape index (κ1) is 45.0. The molecule has 7 rings (SSSR count). The van der Waals surface area contributed by atoms with E-state index >= 15 is 0 Å². The number of imide groups is 2. The van der Waals surface area contributed by atoms with Crippen LogP contribution in [-0.2, 0) is 30.4 Å². The molecule has 0 bridgehead atoms. The largest absolute Gasteiger partial charge is 0.384 e. The highest BCUT2D eigenvalue weighted by atomic mass is 35.5. The molecule has 63 heavy (non-hydrogen) atoms. The lowest BCUT2D eigenvalue weighted by molar-refractivity contribution is -0.137. The Morgan fingerprint density at radius 3 is 2.17 bits per heavy atom. The van der Waals surface area contributed by atoms with Crippen molar-refractivity contribution >= 4 is 93.9 Å². The zero-order valence-corrected chi connectivity index (χ0v) is 36.6. The number of likely N-dealkylation sites (tertiary alicyclic amines) is 1. The summed E-state index contributed by atoms with van der Waals surface area (Å²) in [5.41, 5.74) is 4.66. The average molecular weight is 909 g/mol. The lowest BCUT2D eigenvalue weighted by Gasteiger charge is -2.33. The van der Waals surface area contributed by atoms with Crippen molar-refractivity contribution in [3.05, 3.63) is 145 Å². The van der Waals surface area contributed by atoms with Gasteiger partial charge in [0.15, 0.2) is 5.78 Å². The van der Waals surface area contributed by atoms with E-state index < -0.39 is 35.7 Å². The van der Waals surface area contributed by atoms with Crippen LogP contribution in [0.15, 0.2) is 96.1 Å². The summed E-state index contributed by atoms with van der Waals surface area (Å²) >= 11 is 18.8. The fourth-order valence-corrected chi connectivity index (χ4v) is 8.39. The molecule has 3 N–H and O–H groups in total. The summed E-state index contributed by atoms with van der Waals surface area (Å²) in [6.07, 6.45) is 5.69. The summed E-state index contributed by atoms with van der Waals surface area (Å²) in [5, 5.41) is 9.70. The first-order valence-electron chi connectivity index (χ1n) is 20.6. The van der Waals surface area contributed by atoms with Crippen LogP contribution in [0, 0.1) is 6.92 Å². The third-order valence-electron chi connectivity index (χ3n) is 11.2. The quantitative estimate of drug-likeness (QED) is 0.0661. The summed E-state index contributed by atoms with van der Waals surface area (Å²) in [6.45, 7) is 2.33. The number of carbonyl (C=O) groups excluding carboxylic acids is 7. The first-order chi connectivity index (χ1) is 30.3. The minimum atomic E-state index is -1.06. The number of nitrogens with one attached hydrogen (secondary N) is 3. The Labute approximate surface area is 379 Å². The number of fused-ring (bicyclic) bond motifs is 1. The SMILES string of the molecule is Cc1cc(/C=C2\CN(C(=O)[C@@H](Cc3ccccc3)NC(=O)CCCCCNc3cccc4c3C(=O)N(C3CCC(=O)NC3=O)C4=O)C/C(=C\c3ccc(Cl)c(Cl)c3)C2=O)ccc1Cl. The highest BCUT2D eigenvalue weighted by molar-refractivity contribution is 6.42. The van der Waals surface area contributed by atoms with E-state index in [0.29, 0.717) is 63.3 Å². The van der Waals surface area contributed by atoms with Gasteiger partial charge in [0.05, 0.1) is 21.2 Å². The van der Waals surface area contributed by atoms with Crippen molar-refractivity contribution in [2.75, 3.05) is 25.0 Å². The fourth-order valence-electron chi connectivity index (χ4n) is 7.97. The van der Waals surface area contributed by atoms with E-state index in [1.807, 2.05) is 49.4 Å². The third kappa shape index (κ3) is 10.6. The third-order valence-corrected chi connectivity index (χ3v) is 12.4. The molecule has 0 radical (unpaired) electrons. The lowest BCUT2D eigenvalue weighted by Crippen LogP contribution is -2.54. The number of hydrogen-bond donors (Lipinski definition) is 3. The number of benzene rings is 4. The van der Waals surface area contributed by atoms with Gasteiger partial charge in [0.1, 0.15) is 12.1 Å². The lowest BCUT2D eigenvalue weighted by atomic mass is 9.93. The molecule has 324 valence electrons. The highest BCUT2D eigenvalue weighted by Crippen LogP contribution is 2.33. The molecule has 4 aromatic rings. The van der Waals surface area contributed by atoms with Gasteiger partial charge in [-0.1, -0.05) is 95.8 Å². The number of nitrogens with zero attached hydrogens (tertiary/aromatic N) is 2. The molecule has 3 heterocycles. The molecular weight excluding hydrogens is 865 g/mol. The zero-order chi connectivity index (χ0) is 44.8. The van der Waals surface area contributed by atoms with Gasteiger partial charge in [0.2, 0.25) is 23.6 Å². The number of Topliss-reactive ketones (excluding diaryl/α,β-unsaturated/α-hetero) is 1. The Morgan fingerprint density at radius 2 is 1.49 bits per heavy atom. The number of carbonyl (C=O) groups is 7. The van der Waals surface area contributed by atoms with E-state index in [4.69, 9.17) is 34.8 Å². The minimum Gasteiger partial charge on any atom is -0.384 e. The summed E-state index contributed by atoms with van der Waals surface area (Å²) in [4.78, 5) is 95.4. The van der Waals surface area contributed by atoms with Gasteiger partial charge in [0.25, 0.3) is 11.8 Å². The number of anilines is 1. The van der Waals surface area contributed by atoms with Gasteiger partial charge in [0, 0.05) is 60.8 Å². The van der Waals surface area contributed by atoms with Gasteiger partial charge >= 0.3 is 0 Å². The Balaban J connectivity index is 1.00. The van der Waals surface area contributed by atoms with Crippen molar-refractivity contribution in [1.29, 1.82) is 0 Å². The Bertz CT molecular complexity index is 2500.